The smallest absolute Gasteiger partial charge is 0.324 e. The summed E-state index contributed by atoms with van der Waals surface area (Å²) in [5.41, 5.74) is 6.18. The van der Waals surface area contributed by atoms with Crippen molar-refractivity contribution < 1.29 is 9.72 Å². The number of likely N-dealkylation sites (tertiary alicyclic amines) is 1. The van der Waals surface area contributed by atoms with E-state index in [4.69, 9.17) is 5.73 Å². The van der Waals surface area contributed by atoms with Crippen molar-refractivity contribution >= 4 is 22.2 Å². The van der Waals surface area contributed by atoms with E-state index in [1.165, 1.54) is 11.4 Å². The Hall–Kier alpha value is -1.47. The van der Waals surface area contributed by atoms with Gasteiger partial charge in [0.15, 0.2) is 0 Å². The number of piperidine rings is 1. The van der Waals surface area contributed by atoms with E-state index in [0.717, 1.165) is 24.2 Å². The van der Waals surface area contributed by atoms with Gasteiger partial charge in [-0.15, -0.1) is 0 Å². The lowest BCUT2D eigenvalue weighted by molar-refractivity contribution is -0.380. The summed E-state index contributed by atoms with van der Waals surface area (Å²) in [5.74, 6) is -0.162. The van der Waals surface area contributed by atoms with Crippen LogP contribution in [0.2, 0.25) is 0 Å². The molecule has 2 N–H and O–H groups in total. The van der Waals surface area contributed by atoms with Crippen LogP contribution in [0.4, 0.5) is 5.00 Å². The van der Waals surface area contributed by atoms with Gasteiger partial charge in [0.05, 0.1) is 10.5 Å². The van der Waals surface area contributed by atoms with Crippen LogP contribution >= 0.6 is 11.3 Å². The van der Waals surface area contributed by atoms with Crippen molar-refractivity contribution in [3.8, 4) is 0 Å². The maximum absolute atomic E-state index is 12.0. The maximum Gasteiger partial charge on any atom is 0.324 e. The molecular formula is C10H13N3O3S. The molecule has 0 aromatic carbocycles. The van der Waals surface area contributed by atoms with Crippen LogP contribution in [-0.4, -0.2) is 34.9 Å². The minimum absolute atomic E-state index is 0.00495. The van der Waals surface area contributed by atoms with E-state index in [2.05, 4.69) is 0 Å². The monoisotopic (exact) mass is 255 g/mol. The Bertz CT molecular complexity index is 446. The molecule has 0 saturated carbocycles. The topological polar surface area (TPSA) is 89.5 Å². The van der Waals surface area contributed by atoms with E-state index in [-0.39, 0.29) is 17.0 Å². The lowest BCUT2D eigenvalue weighted by Crippen LogP contribution is -2.45. The lowest BCUT2D eigenvalue weighted by Gasteiger charge is -2.30. The van der Waals surface area contributed by atoms with Crippen LogP contribution in [0, 0.1) is 10.1 Å². The first-order valence-electron chi connectivity index (χ1n) is 5.35. The van der Waals surface area contributed by atoms with E-state index in [9.17, 15) is 14.9 Å². The number of rotatable bonds is 2. The Morgan fingerprint density at radius 3 is 3.00 bits per heavy atom. The quantitative estimate of drug-likeness (QED) is 0.635. The Labute approximate surface area is 102 Å². The van der Waals surface area contributed by atoms with Crippen molar-refractivity contribution in [1.82, 2.24) is 4.90 Å². The summed E-state index contributed by atoms with van der Waals surface area (Å²) >= 11 is 0.973. The van der Waals surface area contributed by atoms with Gasteiger partial charge in [0.2, 0.25) is 0 Å². The predicted octanol–water partition coefficient (Wildman–Crippen LogP) is 1.22. The minimum Gasteiger partial charge on any atom is -0.337 e. The minimum atomic E-state index is -0.483. The van der Waals surface area contributed by atoms with Gasteiger partial charge in [-0.05, 0) is 12.8 Å². The molecule has 1 aromatic heterocycles. The Morgan fingerprint density at radius 2 is 2.41 bits per heavy atom. The molecule has 1 fully saturated rings. The van der Waals surface area contributed by atoms with Gasteiger partial charge in [-0.3, -0.25) is 14.9 Å². The summed E-state index contributed by atoms with van der Waals surface area (Å²) in [6.45, 7) is 1.21. The third kappa shape index (κ3) is 2.62. The molecule has 1 amide bonds. The van der Waals surface area contributed by atoms with E-state index in [1.807, 2.05) is 0 Å². The standard InChI is InChI=1S/C10H13N3O3S/c11-8-2-1-3-12(5-8)10(14)7-4-9(13(15)16)17-6-7/h4,6,8H,1-3,5,11H2. The molecule has 1 aliphatic rings. The summed E-state index contributed by atoms with van der Waals surface area (Å²) in [6.07, 6.45) is 1.81. The van der Waals surface area contributed by atoms with Crippen LogP contribution in [0.3, 0.4) is 0 Å². The van der Waals surface area contributed by atoms with Gasteiger partial charge in [0.25, 0.3) is 5.91 Å². The normalized spacial score (nSPS) is 20.3. The molecule has 1 atom stereocenters. The molecule has 0 aliphatic carbocycles. The van der Waals surface area contributed by atoms with Crippen LogP contribution in [0.15, 0.2) is 11.4 Å². The zero-order valence-corrected chi connectivity index (χ0v) is 9.98. The Kier molecular flexibility index (Phi) is 3.39. The third-order valence-electron chi connectivity index (χ3n) is 2.76. The number of hydrogen-bond donors (Lipinski definition) is 1. The summed E-state index contributed by atoms with van der Waals surface area (Å²) in [7, 11) is 0. The number of carbonyl (C=O) groups excluding carboxylic acids is 1. The first-order valence-corrected chi connectivity index (χ1v) is 6.23. The van der Waals surface area contributed by atoms with Gasteiger partial charge in [0, 0.05) is 30.6 Å². The number of nitrogens with zero attached hydrogens (tertiary/aromatic N) is 2. The van der Waals surface area contributed by atoms with Crippen molar-refractivity contribution in [2.45, 2.75) is 18.9 Å². The SMILES string of the molecule is NC1CCCN(C(=O)c2csc([N+](=O)[O-])c2)C1. The highest BCUT2D eigenvalue weighted by atomic mass is 32.1. The molecule has 1 unspecified atom stereocenters. The molecule has 1 saturated heterocycles. The largest absolute Gasteiger partial charge is 0.337 e. The number of nitrogens with two attached hydrogens (primary N) is 1. The Balaban J connectivity index is 2.10. The summed E-state index contributed by atoms with van der Waals surface area (Å²) < 4.78 is 0. The fourth-order valence-corrected chi connectivity index (χ4v) is 2.61. The fraction of sp³-hybridized carbons (Fsp3) is 0.500. The van der Waals surface area contributed by atoms with Crippen LogP contribution in [0.1, 0.15) is 23.2 Å². The van der Waals surface area contributed by atoms with Gasteiger partial charge < -0.3 is 10.6 Å². The molecule has 1 aliphatic heterocycles. The van der Waals surface area contributed by atoms with Gasteiger partial charge in [-0.25, -0.2) is 0 Å². The average Bonchev–Trinajstić information content (AvgIpc) is 2.77. The first kappa shape index (κ1) is 12.0. The van der Waals surface area contributed by atoms with E-state index in [1.54, 1.807) is 4.90 Å². The summed E-state index contributed by atoms with van der Waals surface area (Å²) in [5, 5.41) is 12.1. The zero-order chi connectivity index (χ0) is 12.4. The van der Waals surface area contributed by atoms with Gasteiger partial charge in [-0.2, -0.15) is 0 Å². The second-order valence-corrected chi connectivity index (χ2v) is 4.97. The maximum atomic E-state index is 12.0. The summed E-state index contributed by atoms with van der Waals surface area (Å²) in [6, 6.07) is 1.34. The molecule has 7 heteroatoms. The number of hydrogen-bond acceptors (Lipinski definition) is 5. The number of amides is 1. The molecule has 1 aromatic rings. The van der Waals surface area contributed by atoms with Gasteiger partial charge in [0.1, 0.15) is 0 Å². The van der Waals surface area contributed by atoms with E-state index in [0.29, 0.717) is 18.7 Å². The highest BCUT2D eigenvalue weighted by molar-refractivity contribution is 7.13. The fourth-order valence-electron chi connectivity index (χ4n) is 1.91. The number of carbonyl (C=O) groups is 1. The number of nitro groups is 1. The molecule has 0 radical (unpaired) electrons. The second-order valence-electron chi connectivity index (χ2n) is 4.08. The summed E-state index contributed by atoms with van der Waals surface area (Å²) in [4.78, 5) is 23.8. The van der Waals surface area contributed by atoms with Gasteiger partial charge >= 0.3 is 5.00 Å². The van der Waals surface area contributed by atoms with Crippen LogP contribution in [0.5, 0.6) is 0 Å². The van der Waals surface area contributed by atoms with Crippen molar-refractivity contribution in [3.63, 3.8) is 0 Å². The van der Waals surface area contributed by atoms with Gasteiger partial charge in [-0.1, -0.05) is 11.3 Å². The van der Waals surface area contributed by atoms with E-state index < -0.39 is 4.92 Å². The highest BCUT2D eigenvalue weighted by Gasteiger charge is 2.24. The molecule has 92 valence electrons. The molecule has 2 heterocycles. The van der Waals surface area contributed by atoms with Crippen molar-refractivity contribution in [3.05, 3.63) is 27.1 Å². The third-order valence-corrected chi connectivity index (χ3v) is 3.64. The molecule has 2 rings (SSSR count). The van der Waals surface area contributed by atoms with Crippen molar-refractivity contribution in [2.24, 2.45) is 5.73 Å². The van der Waals surface area contributed by atoms with Crippen LogP contribution in [0.25, 0.3) is 0 Å². The van der Waals surface area contributed by atoms with E-state index >= 15 is 0 Å². The zero-order valence-electron chi connectivity index (χ0n) is 9.17. The van der Waals surface area contributed by atoms with Crippen molar-refractivity contribution in [2.75, 3.05) is 13.1 Å². The van der Waals surface area contributed by atoms with Crippen LogP contribution < -0.4 is 5.73 Å². The molecular weight excluding hydrogens is 242 g/mol. The molecule has 6 nitrogen and oxygen atoms in total. The lowest BCUT2D eigenvalue weighted by atomic mass is 10.1. The first-order chi connectivity index (χ1) is 8.08. The number of thiophene rings is 1. The molecule has 17 heavy (non-hydrogen) atoms. The van der Waals surface area contributed by atoms with Crippen LogP contribution in [-0.2, 0) is 0 Å². The Morgan fingerprint density at radius 1 is 1.65 bits per heavy atom. The average molecular weight is 255 g/mol. The highest BCUT2D eigenvalue weighted by Crippen LogP contribution is 2.24. The molecule has 0 spiro atoms. The molecule has 0 bridgehead atoms. The predicted molar refractivity (Wildman–Crippen MR) is 64.1 cm³/mol. The van der Waals surface area contributed by atoms with Crippen molar-refractivity contribution in [1.29, 1.82) is 0 Å². The second kappa shape index (κ2) is 4.80.